The number of rotatable bonds is 8. The summed E-state index contributed by atoms with van der Waals surface area (Å²) in [5, 5.41) is 2.51. The average molecular weight is 454 g/mol. The zero-order valence-corrected chi connectivity index (χ0v) is 18.2. The number of alkyl carbamates (subject to hydrolysis) is 1. The first-order chi connectivity index (χ1) is 15.3. The van der Waals surface area contributed by atoms with E-state index in [1.165, 1.54) is 24.3 Å². The Hall–Kier alpha value is -3.65. The van der Waals surface area contributed by atoms with Crippen molar-refractivity contribution in [3.63, 3.8) is 0 Å². The van der Waals surface area contributed by atoms with Gasteiger partial charge in [-0.25, -0.2) is 18.0 Å². The van der Waals surface area contributed by atoms with Crippen molar-refractivity contribution in [3.8, 4) is 0 Å². The highest BCUT2D eigenvalue weighted by molar-refractivity contribution is 7.90. The van der Waals surface area contributed by atoms with Crippen LogP contribution >= 0.6 is 0 Å². The number of hydrogen-bond acceptors (Lipinski definition) is 6. The van der Waals surface area contributed by atoms with E-state index in [-0.39, 0.29) is 18.1 Å². The number of sulfone groups is 1. The Bertz CT molecular complexity index is 1150. The van der Waals surface area contributed by atoms with Crippen LogP contribution in [0.15, 0.2) is 89.8 Å². The summed E-state index contributed by atoms with van der Waals surface area (Å²) >= 11 is 0. The van der Waals surface area contributed by atoms with Crippen LogP contribution < -0.4 is 5.32 Å². The van der Waals surface area contributed by atoms with E-state index < -0.39 is 27.9 Å². The molecule has 3 rings (SSSR count). The lowest BCUT2D eigenvalue weighted by molar-refractivity contribution is -0.147. The number of carbonyl (C=O) groups is 2. The highest BCUT2D eigenvalue weighted by Gasteiger charge is 2.25. The summed E-state index contributed by atoms with van der Waals surface area (Å²) in [6, 6.07) is 22.7. The lowest BCUT2D eigenvalue weighted by atomic mass is 10.1. The minimum absolute atomic E-state index is 0.0261. The lowest BCUT2D eigenvalue weighted by Gasteiger charge is -2.18. The second-order valence-corrected chi connectivity index (χ2v) is 9.09. The number of carbonyl (C=O) groups excluding carboxylic acids is 2. The number of benzene rings is 3. The normalized spacial score (nSPS) is 11.9. The third-order valence-corrected chi connectivity index (χ3v) is 5.70. The van der Waals surface area contributed by atoms with E-state index in [1.807, 2.05) is 60.7 Å². The summed E-state index contributed by atoms with van der Waals surface area (Å²) < 4.78 is 34.0. The molecule has 3 aromatic carbocycles. The summed E-state index contributed by atoms with van der Waals surface area (Å²) in [6.45, 7) is 0.0593. The minimum atomic E-state index is -3.40. The molecule has 3 aromatic rings. The molecule has 0 aliphatic carbocycles. The van der Waals surface area contributed by atoms with Crippen LogP contribution in [0.5, 0.6) is 0 Å². The largest absolute Gasteiger partial charge is 0.459 e. The molecular weight excluding hydrogens is 430 g/mol. The molecule has 0 aliphatic rings. The van der Waals surface area contributed by atoms with Crippen molar-refractivity contribution >= 4 is 21.9 Å². The van der Waals surface area contributed by atoms with Crippen LogP contribution in [0.4, 0.5) is 4.79 Å². The molecule has 0 radical (unpaired) electrons. The first-order valence-electron chi connectivity index (χ1n) is 9.81. The van der Waals surface area contributed by atoms with E-state index in [1.54, 1.807) is 0 Å². The van der Waals surface area contributed by atoms with Gasteiger partial charge in [-0.05, 0) is 28.8 Å². The van der Waals surface area contributed by atoms with Gasteiger partial charge in [-0.1, -0.05) is 72.8 Å². The van der Waals surface area contributed by atoms with Crippen molar-refractivity contribution < 1.29 is 27.5 Å². The zero-order chi connectivity index (χ0) is 23.0. The topological polar surface area (TPSA) is 98.8 Å². The molecular formula is C24H23NO6S. The molecule has 166 valence electrons. The maximum Gasteiger partial charge on any atom is 0.408 e. The molecule has 1 atom stereocenters. The second-order valence-electron chi connectivity index (χ2n) is 7.07. The van der Waals surface area contributed by atoms with Gasteiger partial charge in [-0.15, -0.1) is 0 Å². The standard InChI is InChI=1S/C24H23NO6S/c1-32(28,29)21-14-12-20(13-15-21)22(23(26)30-16-18-8-4-2-5-9-18)25-24(27)31-17-19-10-6-3-7-11-19/h2-15,22H,16-17H2,1H3,(H,25,27). The fourth-order valence-corrected chi connectivity index (χ4v) is 3.51. The maximum absolute atomic E-state index is 12.8. The van der Waals surface area contributed by atoms with E-state index in [0.717, 1.165) is 17.4 Å². The van der Waals surface area contributed by atoms with Crippen LogP contribution in [0.1, 0.15) is 22.7 Å². The third-order valence-electron chi connectivity index (χ3n) is 4.58. The highest BCUT2D eigenvalue weighted by Crippen LogP contribution is 2.19. The molecule has 32 heavy (non-hydrogen) atoms. The van der Waals surface area contributed by atoms with Crippen LogP contribution in [-0.4, -0.2) is 26.7 Å². The fraction of sp³-hybridized carbons (Fsp3) is 0.167. The summed E-state index contributed by atoms with van der Waals surface area (Å²) in [5.74, 6) is -0.697. The van der Waals surface area contributed by atoms with Crippen molar-refractivity contribution in [2.45, 2.75) is 24.2 Å². The molecule has 1 amide bonds. The van der Waals surface area contributed by atoms with Gasteiger partial charge >= 0.3 is 12.1 Å². The number of hydrogen-bond donors (Lipinski definition) is 1. The third kappa shape index (κ3) is 6.68. The molecule has 0 saturated carbocycles. The summed E-state index contributed by atoms with van der Waals surface area (Å²) in [7, 11) is -3.40. The summed E-state index contributed by atoms with van der Waals surface area (Å²) in [4.78, 5) is 25.3. The molecule has 0 fully saturated rings. The molecule has 8 heteroatoms. The van der Waals surface area contributed by atoms with Gasteiger partial charge in [0.1, 0.15) is 13.2 Å². The van der Waals surface area contributed by atoms with E-state index in [2.05, 4.69) is 5.32 Å². The Balaban J connectivity index is 1.73. The molecule has 0 heterocycles. The molecule has 0 bridgehead atoms. The Morgan fingerprint density at radius 1 is 0.781 bits per heavy atom. The van der Waals surface area contributed by atoms with Gasteiger partial charge in [0, 0.05) is 6.26 Å². The smallest absolute Gasteiger partial charge is 0.408 e. The molecule has 1 N–H and O–H groups in total. The van der Waals surface area contributed by atoms with Gasteiger partial charge in [0.25, 0.3) is 0 Å². The molecule has 0 aromatic heterocycles. The number of ether oxygens (including phenoxy) is 2. The van der Waals surface area contributed by atoms with Gasteiger partial charge in [0.2, 0.25) is 0 Å². The summed E-state index contributed by atoms with van der Waals surface area (Å²) in [5.41, 5.74) is 1.95. The van der Waals surface area contributed by atoms with E-state index in [4.69, 9.17) is 9.47 Å². The highest BCUT2D eigenvalue weighted by atomic mass is 32.2. The van der Waals surface area contributed by atoms with E-state index in [9.17, 15) is 18.0 Å². The molecule has 7 nitrogen and oxygen atoms in total. The number of amides is 1. The SMILES string of the molecule is CS(=O)(=O)c1ccc(C(NC(=O)OCc2ccccc2)C(=O)OCc2ccccc2)cc1. The van der Waals surface area contributed by atoms with Crippen LogP contribution in [0.25, 0.3) is 0 Å². The average Bonchev–Trinajstić information content (AvgIpc) is 2.80. The van der Waals surface area contributed by atoms with Crippen molar-refractivity contribution in [3.05, 3.63) is 102 Å². The first-order valence-corrected chi connectivity index (χ1v) is 11.7. The van der Waals surface area contributed by atoms with Crippen molar-refractivity contribution in [1.82, 2.24) is 5.32 Å². The van der Waals surface area contributed by atoms with E-state index >= 15 is 0 Å². The van der Waals surface area contributed by atoms with Crippen molar-refractivity contribution in [2.24, 2.45) is 0 Å². The van der Waals surface area contributed by atoms with Crippen LogP contribution in [-0.2, 0) is 37.3 Å². The van der Waals surface area contributed by atoms with Gasteiger partial charge in [-0.3, -0.25) is 0 Å². The molecule has 1 unspecified atom stereocenters. The van der Waals surface area contributed by atoms with Crippen LogP contribution in [0.3, 0.4) is 0 Å². The predicted octanol–water partition coefficient (Wildman–Crippen LogP) is 3.80. The van der Waals surface area contributed by atoms with Gasteiger partial charge in [-0.2, -0.15) is 0 Å². The summed E-state index contributed by atoms with van der Waals surface area (Å²) in [6.07, 6.45) is 0.287. The molecule has 0 aliphatic heterocycles. The Morgan fingerprint density at radius 3 is 1.78 bits per heavy atom. The first kappa shape index (κ1) is 23.0. The van der Waals surface area contributed by atoms with E-state index in [0.29, 0.717) is 5.56 Å². The van der Waals surface area contributed by atoms with Crippen molar-refractivity contribution in [1.29, 1.82) is 0 Å². The quantitative estimate of drug-likeness (QED) is 0.521. The van der Waals surface area contributed by atoms with Crippen LogP contribution in [0, 0.1) is 0 Å². The van der Waals surface area contributed by atoms with Gasteiger partial charge < -0.3 is 14.8 Å². The predicted molar refractivity (Wildman–Crippen MR) is 118 cm³/mol. The molecule has 0 saturated heterocycles. The second kappa shape index (κ2) is 10.6. The monoisotopic (exact) mass is 453 g/mol. The minimum Gasteiger partial charge on any atom is -0.459 e. The Labute approximate surface area is 186 Å². The number of esters is 1. The van der Waals surface area contributed by atoms with Crippen molar-refractivity contribution in [2.75, 3.05) is 6.26 Å². The van der Waals surface area contributed by atoms with Gasteiger partial charge in [0.05, 0.1) is 4.90 Å². The van der Waals surface area contributed by atoms with Crippen LogP contribution in [0.2, 0.25) is 0 Å². The Morgan fingerprint density at radius 2 is 1.28 bits per heavy atom. The Kier molecular flexibility index (Phi) is 7.62. The maximum atomic E-state index is 12.8. The molecule has 0 spiro atoms. The fourth-order valence-electron chi connectivity index (χ4n) is 2.88. The number of nitrogens with one attached hydrogen (secondary N) is 1. The van der Waals surface area contributed by atoms with Gasteiger partial charge in [0.15, 0.2) is 15.9 Å². The zero-order valence-electron chi connectivity index (χ0n) is 17.4. The lowest BCUT2D eigenvalue weighted by Crippen LogP contribution is -2.35.